The van der Waals surface area contributed by atoms with E-state index in [2.05, 4.69) is 5.32 Å². The molecule has 0 saturated carbocycles. The fourth-order valence-corrected chi connectivity index (χ4v) is 1.69. The average molecular weight is 278 g/mol. The molecule has 5 heteroatoms. The van der Waals surface area contributed by atoms with Gasteiger partial charge >= 0.3 is 5.97 Å². The number of benzene rings is 1. The Morgan fingerprint density at radius 2 is 1.90 bits per heavy atom. The minimum absolute atomic E-state index is 0.155. The van der Waals surface area contributed by atoms with E-state index < -0.39 is 12.0 Å². The van der Waals surface area contributed by atoms with Crippen molar-refractivity contribution < 1.29 is 14.3 Å². The van der Waals surface area contributed by atoms with E-state index in [9.17, 15) is 9.59 Å². The number of nitrogens with one attached hydrogen (secondary N) is 1. The van der Waals surface area contributed by atoms with Crippen molar-refractivity contribution in [1.29, 1.82) is 0 Å². The van der Waals surface area contributed by atoms with Crippen molar-refractivity contribution >= 4 is 11.9 Å². The molecule has 0 aliphatic rings. The third kappa shape index (κ3) is 6.33. The molecule has 3 N–H and O–H groups in total. The Kier molecular flexibility index (Phi) is 6.73. The lowest BCUT2D eigenvalue weighted by Gasteiger charge is -2.13. The quantitative estimate of drug-likeness (QED) is 0.735. The third-order valence-corrected chi connectivity index (χ3v) is 2.71. The molecule has 20 heavy (non-hydrogen) atoms. The van der Waals surface area contributed by atoms with Crippen molar-refractivity contribution in [2.75, 3.05) is 6.54 Å². The SMILES string of the molecule is CC(C)CC(N)C(=O)NCC(=O)OCc1ccccc1. The molecular weight excluding hydrogens is 256 g/mol. The lowest BCUT2D eigenvalue weighted by atomic mass is 10.0. The molecule has 1 amide bonds. The summed E-state index contributed by atoms with van der Waals surface area (Å²) in [6.07, 6.45) is 0.588. The monoisotopic (exact) mass is 278 g/mol. The maximum Gasteiger partial charge on any atom is 0.325 e. The van der Waals surface area contributed by atoms with Crippen LogP contribution < -0.4 is 11.1 Å². The van der Waals surface area contributed by atoms with Gasteiger partial charge in [0.05, 0.1) is 6.04 Å². The van der Waals surface area contributed by atoms with Gasteiger partial charge in [-0.2, -0.15) is 0 Å². The second-order valence-electron chi connectivity index (χ2n) is 5.10. The Morgan fingerprint density at radius 1 is 1.25 bits per heavy atom. The molecule has 0 saturated heterocycles. The van der Waals surface area contributed by atoms with Crippen LogP contribution in [0.15, 0.2) is 30.3 Å². The highest BCUT2D eigenvalue weighted by Gasteiger charge is 2.15. The Morgan fingerprint density at radius 3 is 2.50 bits per heavy atom. The van der Waals surface area contributed by atoms with Crippen LogP contribution >= 0.6 is 0 Å². The molecule has 1 atom stereocenters. The van der Waals surface area contributed by atoms with E-state index in [-0.39, 0.29) is 19.1 Å². The van der Waals surface area contributed by atoms with Crippen molar-refractivity contribution in [3.8, 4) is 0 Å². The summed E-state index contributed by atoms with van der Waals surface area (Å²) < 4.78 is 5.04. The molecule has 5 nitrogen and oxygen atoms in total. The van der Waals surface area contributed by atoms with Crippen LogP contribution in [0.1, 0.15) is 25.8 Å². The number of carbonyl (C=O) groups is 2. The zero-order valence-electron chi connectivity index (χ0n) is 12.0. The van der Waals surface area contributed by atoms with E-state index >= 15 is 0 Å². The minimum Gasteiger partial charge on any atom is -0.460 e. The van der Waals surface area contributed by atoms with Crippen LogP contribution in [-0.4, -0.2) is 24.5 Å². The Hall–Kier alpha value is -1.88. The fourth-order valence-electron chi connectivity index (χ4n) is 1.69. The zero-order valence-corrected chi connectivity index (χ0v) is 12.0. The lowest BCUT2D eigenvalue weighted by Crippen LogP contribution is -2.43. The van der Waals surface area contributed by atoms with Crippen LogP contribution in [0.3, 0.4) is 0 Å². The second-order valence-corrected chi connectivity index (χ2v) is 5.10. The standard InChI is InChI=1S/C15H22N2O3/c1-11(2)8-13(16)15(19)17-9-14(18)20-10-12-6-4-3-5-7-12/h3-7,11,13H,8-10,16H2,1-2H3,(H,17,19). The van der Waals surface area contributed by atoms with Gasteiger partial charge in [-0.3, -0.25) is 9.59 Å². The minimum atomic E-state index is -0.586. The molecule has 0 fully saturated rings. The maximum atomic E-state index is 11.6. The zero-order chi connectivity index (χ0) is 15.0. The summed E-state index contributed by atoms with van der Waals surface area (Å²) in [6, 6.07) is 8.78. The normalized spacial score (nSPS) is 12.0. The van der Waals surface area contributed by atoms with Gasteiger partial charge in [0.2, 0.25) is 5.91 Å². The second kappa shape index (κ2) is 8.32. The average Bonchev–Trinajstić information content (AvgIpc) is 2.42. The van der Waals surface area contributed by atoms with Gasteiger partial charge in [-0.15, -0.1) is 0 Å². The third-order valence-electron chi connectivity index (χ3n) is 2.71. The van der Waals surface area contributed by atoms with Crippen LogP contribution in [-0.2, 0) is 20.9 Å². The van der Waals surface area contributed by atoms with Gasteiger partial charge in [-0.25, -0.2) is 0 Å². The summed E-state index contributed by atoms with van der Waals surface area (Å²) in [5.74, 6) is -0.463. The molecule has 0 bridgehead atoms. The molecule has 0 radical (unpaired) electrons. The fraction of sp³-hybridized carbons (Fsp3) is 0.467. The number of esters is 1. The molecule has 0 heterocycles. The van der Waals surface area contributed by atoms with Crippen molar-refractivity contribution in [2.24, 2.45) is 11.7 Å². The van der Waals surface area contributed by atoms with E-state index in [0.717, 1.165) is 5.56 Å². The number of ether oxygens (including phenoxy) is 1. The lowest BCUT2D eigenvalue weighted by molar-refractivity contribution is -0.145. The smallest absolute Gasteiger partial charge is 0.325 e. The molecule has 1 unspecified atom stereocenters. The van der Waals surface area contributed by atoms with Gasteiger partial charge < -0.3 is 15.8 Å². The van der Waals surface area contributed by atoms with Crippen LogP contribution in [0.5, 0.6) is 0 Å². The predicted molar refractivity (Wildman–Crippen MR) is 76.7 cm³/mol. The molecule has 1 aromatic rings. The molecule has 0 aromatic heterocycles. The first-order valence-corrected chi connectivity index (χ1v) is 6.72. The van der Waals surface area contributed by atoms with Crippen LogP contribution in [0.4, 0.5) is 0 Å². The largest absolute Gasteiger partial charge is 0.460 e. The number of amides is 1. The molecule has 0 aliphatic carbocycles. The summed E-state index contributed by atoms with van der Waals surface area (Å²) in [6.45, 7) is 4.02. The molecule has 0 aliphatic heterocycles. The Balaban J connectivity index is 2.24. The van der Waals surface area contributed by atoms with E-state index in [1.54, 1.807) is 0 Å². The van der Waals surface area contributed by atoms with E-state index in [1.165, 1.54) is 0 Å². The molecule has 0 spiro atoms. The summed E-state index contributed by atoms with van der Waals surface area (Å²) in [5, 5.41) is 2.49. The van der Waals surface area contributed by atoms with Gasteiger partial charge in [0.15, 0.2) is 0 Å². The highest BCUT2D eigenvalue weighted by molar-refractivity contribution is 5.85. The summed E-state index contributed by atoms with van der Waals surface area (Å²) >= 11 is 0. The summed E-state index contributed by atoms with van der Waals surface area (Å²) in [5.41, 5.74) is 6.61. The summed E-state index contributed by atoms with van der Waals surface area (Å²) in [7, 11) is 0. The first-order chi connectivity index (χ1) is 9.49. The Labute approximate surface area is 119 Å². The van der Waals surface area contributed by atoms with Crippen molar-refractivity contribution in [1.82, 2.24) is 5.32 Å². The van der Waals surface area contributed by atoms with Crippen molar-refractivity contribution in [2.45, 2.75) is 32.9 Å². The number of nitrogens with two attached hydrogens (primary N) is 1. The van der Waals surface area contributed by atoms with Crippen LogP contribution in [0.2, 0.25) is 0 Å². The van der Waals surface area contributed by atoms with E-state index in [4.69, 9.17) is 10.5 Å². The van der Waals surface area contributed by atoms with E-state index in [1.807, 2.05) is 44.2 Å². The predicted octanol–water partition coefficient (Wildman–Crippen LogP) is 1.22. The van der Waals surface area contributed by atoms with Gasteiger partial charge in [0.25, 0.3) is 0 Å². The first kappa shape index (κ1) is 16.2. The van der Waals surface area contributed by atoms with Crippen LogP contribution in [0.25, 0.3) is 0 Å². The van der Waals surface area contributed by atoms with Crippen molar-refractivity contribution in [3.05, 3.63) is 35.9 Å². The number of carbonyl (C=O) groups excluding carboxylic acids is 2. The highest BCUT2D eigenvalue weighted by Crippen LogP contribution is 2.03. The molecular formula is C15H22N2O3. The molecule has 110 valence electrons. The highest BCUT2D eigenvalue weighted by atomic mass is 16.5. The van der Waals surface area contributed by atoms with Gasteiger partial charge in [0, 0.05) is 0 Å². The number of hydrogen-bond donors (Lipinski definition) is 2. The van der Waals surface area contributed by atoms with Gasteiger partial charge in [-0.1, -0.05) is 44.2 Å². The maximum absolute atomic E-state index is 11.6. The molecule has 1 rings (SSSR count). The van der Waals surface area contributed by atoms with Crippen molar-refractivity contribution in [3.63, 3.8) is 0 Å². The Bertz CT molecular complexity index is 432. The number of rotatable bonds is 7. The van der Waals surface area contributed by atoms with E-state index in [0.29, 0.717) is 12.3 Å². The van der Waals surface area contributed by atoms with Gasteiger partial charge in [-0.05, 0) is 17.9 Å². The number of hydrogen-bond acceptors (Lipinski definition) is 4. The first-order valence-electron chi connectivity index (χ1n) is 6.72. The molecule has 1 aromatic carbocycles. The summed E-state index contributed by atoms with van der Waals surface area (Å²) in [4.78, 5) is 23.1. The van der Waals surface area contributed by atoms with Crippen LogP contribution in [0, 0.1) is 5.92 Å². The topological polar surface area (TPSA) is 81.4 Å². The van der Waals surface area contributed by atoms with Gasteiger partial charge in [0.1, 0.15) is 13.2 Å².